The lowest BCUT2D eigenvalue weighted by Gasteiger charge is -2.46. The predicted molar refractivity (Wildman–Crippen MR) is 61.6 cm³/mol. The normalized spacial score (nSPS) is 23.0. The first-order valence-corrected chi connectivity index (χ1v) is 5.69. The van der Waals surface area contributed by atoms with E-state index < -0.39 is 0 Å². The monoisotopic (exact) mass is 220 g/mol. The zero-order valence-corrected chi connectivity index (χ0v) is 9.36. The van der Waals surface area contributed by atoms with Gasteiger partial charge in [0.05, 0.1) is 0 Å². The van der Waals surface area contributed by atoms with Crippen LogP contribution in [0.15, 0.2) is 10.9 Å². The third-order valence-corrected chi connectivity index (χ3v) is 3.14. The highest BCUT2D eigenvalue weighted by Crippen LogP contribution is 2.38. The first-order chi connectivity index (χ1) is 7.53. The maximum Gasteiger partial charge on any atom is 0.252 e. The molecule has 5 nitrogen and oxygen atoms in total. The van der Waals surface area contributed by atoms with Crippen LogP contribution in [-0.2, 0) is 0 Å². The van der Waals surface area contributed by atoms with Crippen LogP contribution in [0.1, 0.15) is 31.5 Å². The van der Waals surface area contributed by atoms with Crippen LogP contribution < -0.4 is 16.2 Å². The maximum atomic E-state index is 11.5. The van der Waals surface area contributed by atoms with Crippen molar-refractivity contribution in [3.8, 4) is 0 Å². The quantitative estimate of drug-likeness (QED) is 0.745. The van der Waals surface area contributed by atoms with Gasteiger partial charge in [0.2, 0.25) is 0 Å². The standard InChI is InChI=1S/C11H16N4O/c1-11(12)5-15(6-11)8-4-9(16)14-10(13-8)7-2-3-7/h4,7H,2-3,5-6,12H2,1H3,(H,13,14,16). The molecule has 3 N–H and O–H groups in total. The Morgan fingerprint density at radius 1 is 1.56 bits per heavy atom. The Morgan fingerprint density at radius 2 is 2.25 bits per heavy atom. The zero-order chi connectivity index (χ0) is 11.3. The summed E-state index contributed by atoms with van der Waals surface area (Å²) in [7, 11) is 0. The summed E-state index contributed by atoms with van der Waals surface area (Å²) in [5, 5.41) is 0. The van der Waals surface area contributed by atoms with Crippen LogP contribution in [0, 0.1) is 0 Å². The predicted octanol–water partition coefficient (Wildman–Crippen LogP) is 0.185. The van der Waals surface area contributed by atoms with Gasteiger partial charge in [0.15, 0.2) is 0 Å². The largest absolute Gasteiger partial charge is 0.353 e. The first kappa shape index (κ1) is 9.84. The van der Waals surface area contributed by atoms with Gasteiger partial charge in [-0.1, -0.05) is 0 Å². The number of rotatable bonds is 2. The van der Waals surface area contributed by atoms with E-state index in [-0.39, 0.29) is 11.1 Å². The van der Waals surface area contributed by atoms with E-state index in [1.54, 1.807) is 6.07 Å². The van der Waals surface area contributed by atoms with Crippen molar-refractivity contribution in [1.82, 2.24) is 9.97 Å². The SMILES string of the molecule is CC1(N)CN(c2cc(=O)[nH]c(C3CC3)n2)C1. The van der Waals surface area contributed by atoms with E-state index in [0.29, 0.717) is 5.92 Å². The molecule has 0 unspecified atom stereocenters. The minimum absolute atomic E-state index is 0.0578. The second-order valence-electron chi connectivity index (χ2n) is 5.27. The van der Waals surface area contributed by atoms with E-state index in [4.69, 9.17) is 5.73 Å². The summed E-state index contributed by atoms with van der Waals surface area (Å²) < 4.78 is 0. The van der Waals surface area contributed by atoms with E-state index in [2.05, 4.69) is 14.9 Å². The van der Waals surface area contributed by atoms with Crippen molar-refractivity contribution in [3.63, 3.8) is 0 Å². The number of H-pyrrole nitrogens is 1. The molecule has 5 heteroatoms. The van der Waals surface area contributed by atoms with E-state index in [1.165, 1.54) is 0 Å². The second kappa shape index (κ2) is 3.07. The van der Waals surface area contributed by atoms with E-state index in [9.17, 15) is 4.79 Å². The highest BCUT2D eigenvalue weighted by Gasteiger charge is 2.36. The average Bonchev–Trinajstić information content (AvgIpc) is 2.95. The maximum absolute atomic E-state index is 11.5. The molecule has 1 aromatic rings. The van der Waals surface area contributed by atoms with Gasteiger partial charge in [-0.2, -0.15) is 0 Å². The van der Waals surface area contributed by atoms with Crippen LogP contribution in [0.25, 0.3) is 0 Å². The van der Waals surface area contributed by atoms with Crippen molar-refractivity contribution < 1.29 is 0 Å². The van der Waals surface area contributed by atoms with Crippen LogP contribution in [0.3, 0.4) is 0 Å². The Hall–Kier alpha value is -1.36. The summed E-state index contributed by atoms with van der Waals surface area (Å²) in [6.45, 7) is 3.56. The first-order valence-electron chi connectivity index (χ1n) is 5.69. The third kappa shape index (κ3) is 1.71. The lowest BCUT2D eigenvalue weighted by atomic mass is 9.94. The highest BCUT2D eigenvalue weighted by molar-refractivity contribution is 5.43. The van der Waals surface area contributed by atoms with Crippen molar-refractivity contribution in [3.05, 3.63) is 22.2 Å². The number of nitrogens with one attached hydrogen (secondary N) is 1. The summed E-state index contributed by atoms with van der Waals surface area (Å²) in [5.74, 6) is 2.08. The summed E-state index contributed by atoms with van der Waals surface area (Å²) in [5.41, 5.74) is 5.75. The van der Waals surface area contributed by atoms with Gasteiger partial charge in [0.1, 0.15) is 11.6 Å². The number of hydrogen-bond acceptors (Lipinski definition) is 4. The number of nitrogens with two attached hydrogens (primary N) is 1. The molecule has 3 rings (SSSR count). The van der Waals surface area contributed by atoms with Gasteiger partial charge in [-0.25, -0.2) is 4.98 Å². The minimum Gasteiger partial charge on any atom is -0.353 e. The van der Waals surface area contributed by atoms with Crippen LogP contribution >= 0.6 is 0 Å². The number of anilines is 1. The van der Waals surface area contributed by atoms with Crippen LogP contribution in [-0.4, -0.2) is 28.6 Å². The topological polar surface area (TPSA) is 75.0 Å². The fourth-order valence-corrected chi connectivity index (χ4v) is 2.16. The Labute approximate surface area is 93.7 Å². The summed E-state index contributed by atoms with van der Waals surface area (Å²) in [6, 6.07) is 1.56. The summed E-state index contributed by atoms with van der Waals surface area (Å²) in [4.78, 5) is 20.9. The number of nitrogens with zero attached hydrogens (tertiary/aromatic N) is 2. The molecule has 0 amide bonds. The van der Waals surface area contributed by atoms with Gasteiger partial charge in [0, 0.05) is 30.6 Å². The lowest BCUT2D eigenvalue weighted by Crippen LogP contribution is -2.66. The zero-order valence-electron chi connectivity index (χ0n) is 9.36. The molecule has 0 atom stereocenters. The summed E-state index contributed by atoms with van der Waals surface area (Å²) in [6.07, 6.45) is 2.28. The molecule has 0 spiro atoms. The highest BCUT2D eigenvalue weighted by atomic mass is 16.1. The molecule has 1 aliphatic carbocycles. The minimum atomic E-state index is -0.135. The second-order valence-corrected chi connectivity index (χ2v) is 5.27. The van der Waals surface area contributed by atoms with Crippen LogP contribution in [0.5, 0.6) is 0 Å². The Kier molecular flexibility index (Phi) is 1.89. The molecule has 1 aliphatic heterocycles. The number of aromatic amines is 1. The van der Waals surface area contributed by atoms with E-state index in [1.807, 2.05) is 6.92 Å². The van der Waals surface area contributed by atoms with Crippen molar-refractivity contribution in [2.75, 3.05) is 18.0 Å². The van der Waals surface area contributed by atoms with Crippen molar-refractivity contribution in [2.45, 2.75) is 31.2 Å². The lowest BCUT2D eigenvalue weighted by molar-refractivity contribution is 0.362. The molecule has 0 bridgehead atoms. The Bertz CT molecular complexity index is 467. The Balaban J connectivity index is 1.87. The molecule has 16 heavy (non-hydrogen) atoms. The van der Waals surface area contributed by atoms with Crippen LogP contribution in [0.2, 0.25) is 0 Å². The molecule has 86 valence electrons. The number of hydrogen-bond donors (Lipinski definition) is 2. The average molecular weight is 220 g/mol. The van der Waals surface area contributed by atoms with Gasteiger partial charge in [-0.3, -0.25) is 4.79 Å². The van der Waals surface area contributed by atoms with E-state index >= 15 is 0 Å². The van der Waals surface area contributed by atoms with Gasteiger partial charge in [-0.15, -0.1) is 0 Å². The van der Waals surface area contributed by atoms with Crippen LogP contribution in [0.4, 0.5) is 5.82 Å². The molecule has 2 fully saturated rings. The molecular formula is C11H16N4O. The number of aromatic nitrogens is 2. The fraction of sp³-hybridized carbons (Fsp3) is 0.636. The van der Waals surface area contributed by atoms with Gasteiger partial charge >= 0.3 is 0 Å². The van der Waals surface area contributed by atoms with Crippen molar-refractivity contribution >= 4 is 5.82 Å². The molecule has 0 aromatic carbocycles. The smallest absolute Gasteiger partial charge is 0.252 e. The molecule has 2 heterocycles. The molecule has 1 saturated heterocycles. The summed E-state index contributed by atoms with van der Waals surface area (Å²) >= 11 is 0. The van der Waals surface area contributed by atoms with E-state index in [0.717, 1.165) is 37.6 Å². The molecule has 1 saturated carbocycles. The third-order valence-electron chi connectivity index (χ3n) is 3.14. The molecule has 2 aliphatic rings. The Morgan fingerprint density at radius 3 is 2.81 bits per heavy atom. The van der Waals surface area contributed by atoms with Gasteiger partial charge in [0.25, 0.3) is 5.56 Å². The molecule has 1 aromatic heterocycles. The van der Waals surface area contributed by atoms with Gasteiger partial charge in [-0.05, 0) is 19.8 Å². The van der Waals surface area contributed by atoms with Gasteiger partial charge < -0.3 is 15.6 Å². The molecule has 0 radical (unpaired) electrons. The molecular weight excluding hydrogens is 204 g/mol. The van der Waals surface area contributed by atoms with Crippen molar-refractivity contribution in [2.24, 2.45) is 5.73 Å². The fourth-order valence-electron chi connectivity index (χ4n) is 2.16. The van der Waals surface area contributed by atoms with Crippen molar-refractivity contribution in [1.29, 1.82) is 0 Å².